The highest BCUT2D eigenvalue weighted by molar-refractivity contribution is 5.83. The van der Waals surface area contributed by atoms with Crippen LogP contribution in [0.3, 0.4) is 0 Å². The molecule has 2 rings (SSSR count). The first-order valence-electron chi connectivity index (χ1n) is 10.2. The minimum absolute atomic E-state index is 0.0172. The number of hydrogen-bond donors (Lipinski definition) is 1. The number of carbonyl (C=O) groups excluding carboxylic acids is 2. The Hall–Kier alpha value is -2.34. The number of esters is 1. The molecule has 6 heteroatoms. The highest BCUT2D eigenvalue weighted by Crippen LogP contribution is 2.49. The number of ether oxygens (including phenoxy) is 2. The van der Waals surface area contributed by atoms with Gasteiger partial charge in [-0.2, -0.15) is 0 Å². The molecule has 1 N–H and O–H groups in total. The predicted molar refractivity (Wildman–Crippen MR) is 111 cm³/mol. The molecule has 0 aliphatic carbocycles. The monoisotopic (exact) mass is 403 g/mol. The fourth-order valence-electron chi connectivity index (χ4n) is 4.28. The smallest absolute Gasteiger partial charge is 0.411 e. The Labute approximate surface area is 173 Å². The SMILES string of the molecule is C=CCOC(=O)N1[C@H](C(=O)OCC)[C@@H](C(C)(C)C)[C@H](O)[C@@H]1c1ccccc1CC. The van der Waals surface area contributed by atoms with Gasteiger partial charge in [0.05, 0.1) is 18.8 Å². The molecule has 1 heterocycles. The molecule has 0 aromatic heterocycles. The van der Waals surface area contributed by atoms with Gasteiger partial charge in [-0.15, -0.1) is 0 Å². The lowest BCUT2D eigenvalue weighted by Crippen LogP contribution is -2.48. The van der Waals surface area contributed by atoms with Gasteiger partial charge in [-0.05, 0) is 29.9 Å². The summed E-state index contributed by atoms with van der Waals surface area (Å²) in [5, 5.41) is 11.4. The molecule has 4 atom stereocenters. The maximum Gasteiger partial charge on any atom is 0.411 e. The Morgan fingerprint density at radius 2 is 1.86 bits per heavy atom. The predicted octanol–water partition coefficient (Wildman–Crippen LogP) is 3.88. The van der Waals surface area contributed by atoms with E-state index in [0.29, 0.717) is 0 Å². The molecule has 1 aromatic rings. The van der Waals surface area contributed by atoms with Crippen molar-refractivity contribution < 1.29 is 24.2 Å². The van der Waals surface area contributed by atoms with E-state index < -0.39 is 41.6 Å². The molecule has 1 fully saturated rings. The normalized spacial score (nSPS) is 24.3. The van der Waals surface area contributed by atoms with Crippen LogP contribution in [-0.4, -0.2) is 47.4 Å². The standard InChI is InChI=1S/C23H33NO5/c1-7-14-29-22(27)24-18(16-13-11-10-12-15(16)8-2)20(25)17(23(4,5)6)19(24)21(26)28-9-3/h7,10-13,17-20,25H,1,8-9,14H2,2-6H3/t17-,18+,19+,20+/m1/s1. The third kappa shape index (κ3) is 4.64. The van der Waals surface area contributed by atoms with E-state index >= 15 is 0 Å². The van der Waals surface area contributed by atoms with Gasteiger partial charge >= 0.3 is 12.1 Å². The molecule has 6 nitrogen and oxygen atoms in total. The van der Waals surface area contributed by atoms with E-state index in [1.54, 1.807) is 6.92 Å². The number of aliphatic hydroxyl groups is 1. The minimum Gasteiger partial charge on any atom is -0.464 e. The van der Waals surface area contributed by atoms with Crippen molar-refractivity contribution >= 4 is 12.1 Å². The Kier molecular flexibility index (Phi) is 7.47. The lowest BCUT2D eigenvalue weighted by molar-refractivity contribution is -0.151. The Bertz CT molecular complexity index is 739. The number of amides is 1. The summed E-state index contributed by atoms with van der Waals surface area (Å²) in [5.41, 5.74) is 1.37. The zero-order valence-electron chi connectivity index (χ0n) is 18.1. The van der Waals surface area contributed by atoms with Gasteiger partial charge < -0.3 is 14.6 Å². The number of aryl methyl sites for hydroxylation is 1. The first kappa shape index (κ1) is 22.9. The van der Waals surface area contributed by atoms with E-state index in [4.69, 9.17) is 9.47 Å². The highest BCUT2D eigenvalue weighted by atomic mass is 16.6. The van der Waals surface area contributed by atoms with E-state index in [1.807, 2.05) is 52.0 Å². The summed E-state index contributed by atoms with van der Waals surface area (Å²) in [6.07, 6.45) is 0.595. The summed E-state index contributed by atoms with van der Waals surface area (Å²) in [4.78, 5) is 27.4. The molecule has 0 saturated carbocycles. The fourth-order valence-corrected chi connectivity index (χ4v) is 4.28. The largest absolute Gasteiger partial charge is 0.464 e. The summed E-state index contributed by atoms with van der Waals surface area (Å²) in [7, 11) is 0. The summed E-state index contributed by atoms with van der Waals surface area (Å²) >= 11 is 0. The zero-order valence-corrected chi connectivity index (χ0v) is 18.1. The van der Waals surface area contributed by atoms with Crippen LogP contribution in [0.2, 0.25) is 0 Å². The third-order valence-corrected chi connectivity index (χ3v) is 5.45. The van der Waals surface area contributed by atoms with Crippen molar-refractivity contribution in [2.75, 3.05) is 13.2 Å². The summed E-state index contributed by atoms with van der Waals surface area (Å²) in [6, 6.07) is 6.01. The van der Waals surface area contributed by atoms with E-state index in [-0.39, 0.29) is 13.2 Å². The first-order chi connectivity index (χ1) is 13.7. The second-order valence-corrected chi connectivity index (χ2v) is 8.35. The highest BCUT2D eigenvalue weighted by Gasteiger charge is 2.58. The van der Waals surface area contributed by atoms with Crippen LogP contribution in [0.4, 0.5) is 4.79 Å². The molecule has 0 spiro atoms. The van der Waals surface area contributed by atoms with E-state index in [2.05, 4.69) is 6.58 Å². The minimum atomic E-state index is -0.951. The van der Waals surface area contributed by atoms with Gasteiger partial charge in [-0.3, -0.25) is 4.90 Å². The number of benzene rings is 1. The average molecular weight is 404 g/mol. The number of aliphatic hydroxyl groups excluding tert-OH is 1. The quantitative estimate of drug-likeness (QED) is 0.576. The van der Waals surface area contributed by atoms with Crippen molar-refractivity contribution in [2.24, 2.45) is 11.3 Å². The fraction of sp³-hybridized carbons (Fsp3) is 0.565. The summed E-state index contributed by atoms with van der Waals surface area (Å²) < 4.78 is 10.6. The molecule has 1 aliphatic heterocycles. The molecule has 0 radical (unpaired) electrons. The van der Waals surface area contributed by atoms with Crippen LogP contribution in [0.25, 0.3) is 0 Å². The van der Waals surface area contributed by atoms with Crippen molar-refractivity contribution in [1.29, 1.82) is 0 Å². The number of likely N-dealkylation sites (tertiary alicyclic amines) is 1. The Morgan fingerprint density at radius 3 is 2.41 bits per heavy atom. The van der Waals surface area contributed by atoms with Gasteiger partial charge in [-0.1, -0.05) is 64.6 Å². The molecule has 1 saturated heterocycles. The van der Waals surface area contributed by atoms with Crippen LogP contribution in [-0.2, 0) is 20.7 Å². The van der Waals surface area contributed by atoms with Crippen molar-refractivity contribution in [1.82, 2.24) is 4.90 Å². The molecule has 1 aliphatic rings. The molecule has 0 unspecified atom stereocenters. The molecular weight excluding hydrogens is 370 g/mol. The second kappa shape index (κ2) is 9.44. The van der Waals surface area contributed by atoms with Gasteiger partial charge in [-0.25, -0.2) is 9.59 Å². The number of hydrogen-bond acceptors (Lipinski definition) is 5. The zero-order chi connectivity index (χ0) is 21.8. The van der Waals surface area contributed by atoms with E-state index in [0.717, 1.165) is 17.5 Å². The van der Waals surface area contributed by atoms with E-state index in [9.17, 15) is 14.7 Å². The first-order valence-corrected chi connectivity index (χ1v) is 10.2. The van der Waals surface area contributed by atoms with Gasteiger partial charge in [0.25, 0.3) is 0 Å². The van der Waals surface area contributed by atoms with Crippen molar-refractivity contribution in [3.8, 4) is 0 Å². The van der Waals surface area contributed by atoms with Crippen molar-refractivity contribution in [3.05, 3.63) is 48.0 Å². The Morgan fingerprint density at radius 1 is 1.21 bits per heavy atom. The summed E-state index contributed by atoms with van der Waals surface area (Å²) in [6.45, 7) is 13.4. The molecule has 160 valence electrons. The lowest BCUT2D eigenvalue weighted by Gasteiger charge is -2.34. The average Bonchev–Trinajstić information content (AvgIpc) is 2.99. The second-order valence-electron chi connectivity index (χ2n) is 8.35. The van der Waals surface area contributed by atoms with Gasteiger partial charge in [0, 0.05) is 5.92 Å². The molecular formula is C23H33NO5. The number of rotatable bonds is 6. The Balaban J connectivity index is 2.66. The van der Waals surface area contributed by atoms with Crippen LogP contribution in [0.1, 0.15) is 51.8 Å². The topological polar surface area (TPSA) is 76.1 Å². The summed E-state index contributed by atoms with van der Waals surface area (Å²) in [5.74, 6) is -1.05. The van der Waals surface area contributed by atoms with Crippen molar-refractivity contribution in [2.45, 2.75) is 59.2 Å². The van der Waals surface area contributed by atoms with Crippen LogP contribution >= 0.6 is 0 Å². The molecule has 0 bridgehead atoms. The molecule has 29 heavy (non-hydrogen) atoms. The van der Waals surface area contributed by atoms with Crippen LogP contribution in [0.15, 0.2) is 36.9 Å². The van der Waals surface area contributed by atoms with Crippen molar-refractivity contribution in [3.63, 3.8) is 0 Å². The molecule has 1 aromatic carbocycles. The van der Waals surface area contributed by atoms with E-state index in [1.165, 1.54) is 11.0 Å². The number of nitrogens with zero attached hydrogens (tertiary/aromatic N) is 1. The van der Waals surface area contributed by atoms with Crippen LogP contribution < -0.4 is 0 Å². The maximum absolute atomic E-state index is 13.1. The molecule has 1 amide bonds. The van der Waals surface area contributed by atoms with Gasteiger partial charge in [0.15, 0.2) is 0 Å². The van der Waals surface area contributed by atoms with Crippen LogP contribution in [0.5, 0.6) is 0 Å². The third-order valence-electron chi connectivity index (χ3n) is 5.45. The maximum atomic E-state index is 13.1. The van der Waals surface area contributed by atoms with Gasteiger partial charge in [0.1, 0.15) is 12.6 Å². The van der Waals surface area contributed by atoms with Crippen LogP contribution in [0, 0.1) is 11.3 Å². The lowest BCUT2D eigenvalue weighted by atomic mass is 9.73. The number of carbonyl (C=O) groups is 2. The van der Waals surface area contributed by atoms with Gasteiger partial charge in [0.2, 0.25) is 0 Å².